The number of nitrogens with one attached hydrogen (secondary N) is 1. The van der Waals surface area contributed by atoms with Crippen LogP contribution in [-0.2, 0) is 14.8 Å². The Morgan fingerprint density at radius 3 is 2.09 bits per heavy atom. The van der Waals surface area contributed by atoms with Crippen molar-refractivity contribution in [2.24, 2.45) is 0 Å². The molecular formula is C25H26N2O4S. The topological polar surface area (TPSA) is 75.7 Å². The Balaban J connectivity index is 1.61. The van der Waals surface area contributed by atoms with Crippen molar-refractivity contribution in [3.63, 3.8) is 0 Å². The molecule has 0 spiro atoms. The number of ether oxygens (including phenoxy) is 1. The lowest BCUT2D eigenvalue weighted by Gasteiger charge is -2.13. The standard InChI is InChI=1S/C25H26N2O4S/c1-27(2)32(29,30)23-15-13-22(14-16-23)31-18-17-26-25(28)24(21-11-7-4-8-12-21)19-20-9-5-3-6-10-20/h3-16,19H,17-18H2,1-2H3,(H,26,28)/b24-19+. The maximum atomic E-state index is 12.9. The molecule has 32 heavy (non-hydrogen) atoms. The van der Waals surface area contributed by atoms with E-state index in [0.29, 0.717) is 17.9 Å². The first-order valence-electron chi connectivity index (χ1n) is 10.1. The number of nitrogens with zero attached hydrogens (tertiary/aromatic N) is 1. The van der Waals surface area contributed by atoms with Gasteiger partial charge in [-0.2, -0.15) is 0 Å². The first-order valence-corrected chi connectivity index (χ1v) is 11.6. The van der Waals surface area contributed by atoms with Gasteiger partial charge in [0.2, 0.25) is 10.0 Å². The highest BCUT2D eigenvalue weighted by atomic mass is 32.2. The summed E-state index contributed by atoms with van der Waals surface area (Å²) < 4.78 is 31.0. The van der Waals surface area contributed by atoms with Gasteiger partial charge in [0.05, 0.1) is 11.4 Å². The van der Waals surface area contributed by atoms with E-state index in [1.165, 1.54) is 26.2 Å². The minimum Gasteiger partial charge on any atom is -0.492 e. The van der Waals surface area contributed by atoms with Gasteiger partial charge in [-0.05, 0) is 41.5 Å². The molecule has 0 saturated carbocycles. The van der Waals surface area contributed by atoms with E-state index in [2.05, 4.69) is 5.32 Å². The largest absolute Gasteiger partial charge is 0.492 e. The lowest BCUT2D eigenvalue weighted by atomic mass is 10.0. The van der Waals surface area contributed by atoms with Crippen LogP contribution >= 0.6 is 0 Å². The van der Waals surface area contributed by atoms with Crippen LogP contribution < -0.4 is 10.1 Å². The molecule has 6 nitrogen and oxygen atoms in total. The van der Waals surface area contributed by atoms with Crippen molar-refractivity contribution >= 4 is 27.6 Å². The second kappa shape index (κ2) is 10.7. The molecule has 1 amide bonds. The Labute approximate surface area is 189 Å². The highest BCUT2D eigenvalue weighted by Crippen LogP contribution is 2.19. The summed E-state index contributed by atoms with van der Waals surface area (Å²) in [6.07, 6.45) is 1.86. The molecule has 0 aliphatic carbocycles. The van der Waals surface area contributed by atoms with Crippen LogP contribution in [0.15, 0.2) is 89.8 Å². The number of benzene rings is 3. The van der Waals surface area contributed by atoms with E-state index in [0.717, 1.165) is 15.4 Å². The number of amides is 1. The molecule has 0 radical (unpaired) electrons. The van der Waals surface area contributed by atoms with E-state index >= 15 is 0 Å². The molecule has 0 heterocycles. The van der Waals surface area contributed by atoms with Gasteiger partial charge in [-0.3, -0.25) is 4.79 Å². The highest BCUT2D eigenvalue weighted by Gasteiger charge is 2.16. The summed E-state index contributed by atoms with van der Waals surface area (Å²) in [5, 5.41) is 2.89. The fourth-order valence-corrected chi connectivity index (χ4v) is 3.86. The van der Waals surface area contributed by atoms with Gasteiger partial charge in [0.15, 0.2) is 0 Å². The lowest BCUT2D eigenvalue weighted by Crippen LogP contribution is -2.28. The summed E-state index contributed by atoms with van der Waals surface area (Å²) in [5.74, 6) is 0.330. The monoisotopic (exact) mass is 450 g/mol. The quantitative estimate of drug-likeness (QED) is 0.307. The predicted molar refractivity (Wildman–Crippen MR) is 127 cm³/mol. The van der Waals surface area contributed by atoms with E-state index in [1.54, 1.807) is 12.1 Å². The summed E-state index contributed by atoms with van der Waals surface area (Å²) in [6, 6.07) is 25.4. The third kappa shape index (κ3) is 6.06. The number of sulfonamides is 1. The molecule has 7 heteroatoms. The molecule has 0 fully saturated rings. The molecule has 0 saturated heterocycles. The fourth-order valence-electron chi connectivity index (χ4n) is 2.96. The van der Waals surface area contributed by atoms with Gasteiger partial charge in [0, 0.05) is 19.7 Å². The minimum atomic E-state index is -3.48. The molecule has 0 bridgehead atoms. The smallest absolute Gasteiger partial charge is 0.252 e. The van der Waals surface area contributed by atoms with Crippen molar-refractivity contribution < 1.29 is 17.9 Å². The zero-order valence-electron chi connectivity index (χ0n) is 18.1. The molecule has 0 unspecified atom stereocenters. The Morgan fingerprint density at radius 2 is 1.50 bits per heavy atom. The third-order valence-electron chi connectivity index (χ3n) is 4.70. The van der Waals surface area contributed by atoms with Gasteiger partial charge < -0.3 is 10.1 Å². The lowest BCUT2D eigenvalue weighted by molar-refractivity contribution is -0.115. The van der Waals surface area contributed by atoms with Gasteiger partial charge in [-0.1, -0.05) is 60.7 Å². The molecule has 3 rings (SSSR count). The van der Waals surface area contributed by atoms with Crippen LogP contribution in [0.4, 0.5) is 0 Å². The van der Waals surface area contributed by atoms with Gasteiger partial charge in [0.25, 0.3) is 5.91 Å². The molecule has 0 aromatic heterocycles. The molecule has 0 aliphatic rings. The van der Waals surface area contributed by atoms with E-state index in [4.69, 9.17) is 4.74 Å². The first-order chi connectivity index (χ1) is 15.4. The summed E-state index contributed by atoms with van der Waals surface area (Å²) >= 11 is 0. The van der Waals surface area contributed by atoms with Crippen LogP contribution in [0, 0.1) is 0 Å². The molecule has 0 aliphatic heterocycles. The van der Waals surface area contributed by atoms with Gasteiger partial charge in [-0.25, -0.2) is 12.7 Å². The Hall–Kier alpha value is -3.42. The van der Waals surface area contributed by atoms with Crippen molar-refractivity contribution in [2.75, 3.05) is 27.2 Å². The number of carbonyl (C=O) groups is 1. The minimum absolute atomic E-state index is 0.196. The summed E-state index contributed by atoms with van der Waals surface area (Å²) in [5.41, 5.74) is 2.33. The Morgan fingerprint density at radius 1 is 0.906 bits per heavy atom. The van der Waals surface area contributed by atoms with E-state index in [1.807, 2.05) is 66.7 Å². The summed E-state index contributed by atoms with van der Waals surface area (Å²) in [6.45, 7) is 0.550. The van der Waals surface area contributed by atoms with E-state index in [9.17, 15) is 13.2 Å². The van der Waals surface area contributed by atoms with Crippen LogP contribution in [0.3, 0.4) is 0 Å². The number of carbonyl (C=O) groups excluding carboxylic acids is 1. The maximum absolute atomic E-state index is 12.9. The number of hydrogen-bond acceptors (Lipinski definition) is 4. The molecule has 1 N–H and O–H groups in total. The zero-order chi connectivity index (χ0) is 23.0. The second-order valence-electron chi connectivity index (χ2n) is 7.20. The molecule has 3 aromatic carbocycles. The van der Waals surface area contributed by atoms with Crippen molar-refractivity contribution in [1.82, 2.24) is 9.62 Å². The van der Waals surface area contributed by atoms with Crippen LogP contribution in [-0.4, -0.2) is 45.9 Å². The number of rotatable bonds is 9. The third-order valence-corrected chi connectivity index (χ3v) is 6.53. The van der Waals surface area contributed by atoms with Crippen molar-refractivity contribution in [3.8, 4) is 5.75 Å². The highest BCUT2D eigenvalue weighted by molar-refractivity contribution is 7.89. The Bertz CT molecular complexity index is 1160. The van der Waals surface area contributed by atoms with Gasteiger partial charge >= 0.3 is 0 Å². The van der Waals surface area contributed by atoms with E-state index < -0.39 is 10.0 Å². The fraction of sp³-hybridized carbons (Fsp3) is 0.160. The van der Waals surface area contributed by atoms with Crippen molar-refractivity contribution in [2.45, 2.75) is 4.90 Å². The zero-order valence-corrected chi connectivity index (χ0v) is 18.9. The SMILES string of the molecule is CN(C)S(=O)(=O)c1ccc(OCCNC(=O)/C(=C/c2ccccc2)c2ccccc2)cc1. The predicted octanol–water partition coefficient (Wildman–Crippen LogP) is 3.67. The maximum Gasteiger partial charge on any atom is 0.252 e. The van der Waals surface area contributed by atoms with Crippen molar-refractivity contribution in [3.05, 3.63) is 96.1 Å². The van der Waals surface area contributed by atoms with Gasteiger partial charge in [-0.15, -0.1) is 0 Å². The average Bonchev–Trinajstić information content (AvgIpc) is 2.81. The Kier molecular flexibility index (Phi) is 7.81. The van der Waals surface area contributed by atoms with Crippen LogP contribution in [0.25, 0.3) is 11.6 Å². The van der Waals surface area contributed by atoms with Crippen molar-refractivity contribution in [1.29, 1.82) is 0 Å². The molecule has 166 valence electrons. The van der Waals surface area contributed by atoms with Crippen LogP contribution in [0.2, 0.25) is 0 Å². The second-order valence-corrected chi connectivity index (χ2v) is 9.35. The molecule has 3 aromatic rings. The first kappa shape index (κ1) is 23.2. The van der Waals surface area contributed by atoms with Crippen LogP contribution in [0.1, 0.15) is 11.1 Å². The molecule has 0 atom stereocenters. The average molecular weight is 451 g/mol. The van der Waals surface area contributed by atoms with Gasteiger partial charge in [0.1, 0.15) is 12.4 Å². The molecular weight excluding hydrogens is 424 g/mol. The van der Waals surface area contributed by atoms with Crippen LogP contribution in [0.5, 0.6) is 5.75 Å². The van der Waals surface area contributed by atoms with E-state index in [-0.39, 0.29) is 17.4 Å². The number of hydrogen-bond donors (Lipinski definition) is 1. The summed E-state index contributed by atoms with van der Waals surface area (Å²) in [4.78, 5) is 13.1. The normalized spacial score (nSPS) is 11.9. The summed E-state index contributed by atoms with van der Waals surface area (Å²) in [7, 11) is -0.508.